The van der Waals surface area contributed by atoms with Crippen molar-refractivity contribution in [3.8, 4) is 0 Å². The zero-order chi connectivity index (χ0) is 14.0. The van der Waals surface area contributed by atoms with E-state index in [1.807, 2.05) is 31.2 Å². The molecule has 1 aromatic rings. The molecule has 2 rings (SSSR count). The highest BCUT2D eigenvalue weighted by Gasteiger charge is 2.40. The number of hydrogen-bond donors (Lipinski definition) is 0. The first-order valence-electron chi connectivity index (χ1n) is 6.10. The Morgan fingerprint density at radius 1 is 1.37 bits per heavy atom. The van der Waals surface area contributed by atoms with Gasteiger partial charge in [0.2, 0.25) is 5.91 Å². The van der Waals surface area contributed by atoms with Gasteiger partial charge in [-0.25, -0.2) is 0 Å². The Balaban J connectivity index is 2.28. The molecule has 0 spiro atoms. The summed E-state index contributed by atoms with van der Waals surface area (Å²) in [5.41, 5.74) is 2.23. The highest BCUT2D eigenvalue weighted by Crippen LogP contribution is 2.41. The molecule has 2 atom stereocenters. The van der Waals surface area contributed by atoms with Gasteiger partial charge in [-0.15, -0.1) is 23.4 Å². The van der Waals surface area contributed by atoms with Crippen molar-refractivity contribution >= 4 is 35.1 Å². The van der Waals surface area contributed by atoms with Crippen LogP contribution in [0.5, 0.6) is 0 Å². The summed E-state index contributed by atoms with van der Waals surface area (Å²) in [6.07, 6.45) is 0. The van der Waals surface area contributed by atoms with E-state index in [0.717, 1.165) is 5.56 Å². The quantitative estimate of drug-likeness (QED) is 0.805. The minimum Gasteiger partial charge on any atom is -0.316 e. The Bertz CT molecular complexity index is 489. The number of Topliss-reactive ketones (excluding diaryl/α,β-unsaturated/α-hetero) is 1. The van der Waals surface area contributed by atoms with Crippen LogP contribution in [0.15, 0.2) is 24.3 Å². The number of nitrogens with zero attached hydrogens (tertiary/aromatic N) is 1. The van der Waals surface area contributed by atoms with Gasteiger partial charge in [0.1, 0.15) is 11.4 Å². The van der Waals surface area contributed by atoms with Crippen LogP contribution in [0.3, 0.4) is 0 Å². The van der Waals surface area contributed by atoms with Gasteiger partial charge in [0.15, 0.2) is 5.78 Å². The van der Waals surface area contributed by atoms with Crippen LogP contribution in [0, 0.1) is 6.92 Å². The zero-order valence-electron chi connectivity index (χ0n) is 10.9. The maximum Gasteiger partial charge on any atom is 0.221 e. The molecule has 0 unspecified atom stereocenters. The van der Waals surface area contributed by atoms with E-state index in [9.17, 15) is 9.59 Å². The van der Waals surface area contributed by atoms with Crippen LogP contribution in [0.1, 0.15) is 23.4 Å². The van der Waals surface area contributed by atoms with Crippen LogP contribution in [0.2, 0.25) is 0 Å². The highest BCUT2D eigenvalue weighted by molar-refractivity contribution is 7.99. The fraction of sp³-hybridized carbons (Fsp3) is 0.429. The van der Waals surface area contributed by atoms with Crippen LogP contribution in [0.25, 0.3) is 0 Å². The average molecular weight is 298 g/mol. The third kappa shape index (κ3) is 2.95. The number of ketones is 1. The standard InChI is InChI=1S/C14H16ClNO2S/c1-9-3-5-11(6-4-9)14-16(10(2)17)12(8-19-14)13(18)7-15/h3-6,12,14H,7-8H2,1-2H3/t12-,14+/m0/s1. The summed E-state index contributed by atoms with van der Waals surface area (Å²) in [6, 6.07) is 7.66. The lowest BCUT2D eigenvalue weighted by atomic mass is 10.1. The summed E-state index contributed by atoms with van der Waals surface area (Å²) in [5.74, 6) is 0.400. The first-order chi connectivity index (χ1) is 9.04. The number of aryl methyl sites for hydroxylation is 1. The average Bonchev–Trinajstić information content (AvgIpc) is 2.83. The van der Waals surface area contributed by atoms with Gasteiger partial charge in [-0.05, 0) is 12.5 Å². The summed E-state index contributed by atoms with van der Waals surface area (Å²) >= 11 is 7.23. The third-order valence-electron chi connectivity index (χ3n) is 3.23. The van der Waals surface area contributed by atoms with E-state index in [0.29, 0.717) is 5.75 Å². The molecule has 0 aliphatic carbocycles. The van der Waals surface area contributed by atoms with Crippen molar-refractivity contribution in [2.75, 3.05) is 11.6 Å². The molecule has 3 nitrogen and oxygen atoms in total. The number of thioether (sulfide) groups is 1. The summed E-state index contributed by atoms with van der Waals surface area (Å²) in [5, 5.41) is -0.0877. The third-order valence-corrected chi connectivity index (χ3v) is 4.82. The van der Waals surface area contributed by atoms with Crippen LogP contribution in [0.4, 0.5) is 0 Å². The van der Waals surface area contributed by atoms with Crippen molar-refractivity contribution in [2.45, 2.75) is 25.3 Å². The molecule has 1 aliphatic rings. The number of alkyl halides is 1. The maximum absolute atomic E-state index is 11.8. The lowest BCUT2D eigenvalue weighted by Crippen LogP contribution is -2.42. The number of benzene rings is 1. The molecule has 1 heterocycles. The minimum absolute atomic E-state index is 0.0460. The van der Waals surface area contributed by atoms with E-state index >= 15 is 0 Å². The molecule has 1 saturated heterocycles. The number of amides is 1. The predicted octanol–water partition coefficient (Wildman–Crippen LogP) is 2.77. The molecule has 1 aromatic carbocycles. The predicted molar refractivity (Wildman–Crippen MR) is 78.4 cm³/mol. The lowest BCUT2D eigenvalue weighted by Gasteiger charge is -2.27. The number of hydrogen-bond acceptors (Lipinski definition) is 3. The van der Waals surface area contributed by atoms with Crippen LogP contribution >= 0.6 is 23.4 Å². The van der Waals surface area contributed by atoms with Gasteiger partial charge in [-0.2, -0.15) is 0 Å². The Labute approximate surface area is 122 Å². The molecule has 1 amide bonds. The molecule has 0 N–H and O–H groups in total. The summed E-state index contributed by atoms with van der Waals surface area (Å²) < 4.78 is 0. The summed E-state index contributed by atoms with van der Waals surface area (Å²) in [4.78, 5) is 25.3. The van der Waals surface area contributed by atoms with E-state index in [2.05, 4.69) is 0 Å². The molecule has 0 bridgehead atoms. The smallest absolute Gasteiger partial charge is 0.221 e. The van der Waals surface area contributed by atoms with Gasteiger partial charge < -0.3 is 4.90 Å². The van der Waals surface area contributed by atoms with Gasteiger partial charge in [0.25, 0.3) is 0 Å². The maximum atomic E-state index is 11.8. The molecular formula is C14H16ClNO2S. The van der Waals surface area contributed by atoms with E-state index in [1.54, 1.807) is 16.7 Å². The molecule has 1 fully saturated rings. The van der Waals surface area contributed by atoms with Gasteiger partial charge in [0, 0.05) is 12.7 Å². The molecule has 19 heavy (non-hydrogen) atoms. The molecular weight excluding hydrogens is 282 g/mol. The van der Waals surface area contributed by atoms with Gasteiger partial charge in [-0.1, -0.05) is 29.8 Å². The molecule has 0 radical (unpaired) electrons. The largest absolute Gasteiger partial charge is 0.316 e. The monoisotopic (exact) mass is 297 g/mol. The second-order valence-electron chi connectivity index (χ2n) is 4.64. The summed E-state index contributed by atoms with van der Waals surface area (Å²) in [6.45, 7) is 3.52. The minimum atomic E-state index is -0.397. The number of halogens is 1. The number of rotatable bonds is 3. The van der Waals surface area contributed by atoms with Crippen molar-refractivity contribution in [1.82, 2.24) is 4.90 Å². The Kier molecular flexibility index (Phi) is 4.53. The Hall–Kier alpha value is -1.00. The van der Waals surface area contributed by atoms with Crippen LogP contribution in [-0.4, -0.2) is 34.3 Å². The van der Waals surface area contributed by atoms with Crippen molar-refractivity contribution in [3.05, 3.63) is 35.4 Å². The lowest BCUT2D eigenvalue weighted by molar-refractivity contribution is -0.136. The number of carbonyl (C=O) groups excluding carboxylic acids is 2. The van der Waals surface area contributed by atoms with E-state index < -0.39 is 6.04 Å². The molecule has 0 aromatic heterocycles. The van der Waals surface area contributed by atoms with E-state index in [1.165, 1.54) is 12.5 Å². The van der Waals surface area contributed by atoms with Gasteiger partial charge >= 0.3 is 0 Å². The van der Waals surface area contributed by atoms with Crippen molar-refractivity contribution in [1.29, 1.82) is 0 Å². The van der Waals surface area contributed by atoms with Crippen LogP contribution in [-0.2, 0) is 9.59 Å². The van der Waals surface area contributed by atoms with Crippen LogP contribution < -0.4 is 0 Å². The Morgan fingerprint density at radius 3 is 2.53 bits per heavy atom. The normalized spacial score (nSPS) is 22.6. The fourth-order valence-corrected chi connectivity index (χ4v) is 3.91. The molecule has 5 heteroatoms. The topological polar surface area (TPSA) is 37.4 Å². The second kappa shape index (κ2) is 5.97. The highest BCUT2D eigenvalue weighted by atomic mass is 35.5. The summed E-state index contributed by atoms with van der Waals surface area (Å²) in [7, 11) is 0. The first kappa shape index (κ1) is 14.4. The fourth-order valence-electron chi connectivity index (χ4n) is 2.22. The Morgan fingerprint density at radius 2 is 2.00 bits per heavy atom. The van der Waals surface area contributed by atoms with Crippen molar-refractivity contribution < 1.29 is 9.59 Å². The van der Waals surface area contributed by atoms with Gasteiger partial charge in [0.05, 0.1) is 5.88 Å². The molecule has 0 saturated carbocycles. The van der Waals surface area contributed by atoms with Gasteiger partial charge in [-0.3, -0.25) is 9.59 Å². The molecule has 102 valence electrons. The number of carbonyl (C=O) groups is 2. The zero-order valence-corrected chi connectivity index (χ0v) is 12.5. The van der Waals surface area contributed by atoms with E-state index in [-0.39, 0.29) is 22.9 Å². The first-order valence-corrected chi connectivity index (χ1v) is 7.68. The van der Waals surface area contributed by atoms with E-state index in [4.69, 9.17) is 11.6 Å². The SMILES string of the molecule is CC(=O)N1[C@@H](c2ccc(C)cc2)SC[C@H]1C(=O)CCl. The van der Waals surface area contributed by atoms with Crippen molar-refractivity contribution in [2.24, 2.45) is 0 Å². The second-order valence-corrected chi connectivity index (χ2v) is 6.02. The van der Waals surface area contributed by atoms with Crippen molar-refractivity contribution in [3.63, 3.8) is 0 Å². The molecule has 1 aliphatic heterocycles.